The molecule has 1 N–H and O–H groups in total. The Morgan fingerprint density at radius 2 is 2.20 bits per heavy atom. The van der Waals surface area contributed by atoms with Crippen LogP contribution in [0.5, 0.6) is 0 Å². The molecule has 2 fully saturated rings. The van der Waals surface area contributed by atoms with E-state index < -0.39 is 17.4 Å². The zero-order chi connectivity index (χ0) is 21.0. The Labute approximate surface area is 174 Å². The number of benzene rings is 1. The summed E-state index contributed by atoms with van der Waals surface area (Å²) in [6, 6.07) is 5.58. The van der Waals surface area contributed by atoms with Gasteiger partial charge in [-0.3, -0.25) is 14.4 Å². The van der Waals surface area contributed by atoms with Gasteiger partial charge in [-0.25, -0.2) is 0 Å². The van der Waals surface area contributed by atoms with Crippen LogP contribution in [0.25, 0.3) is 0 Å². The Hall–Kier alpha value is -2.71. The number of likely N-dealkylation sites (tertiary alicyclic amines) is 1. The molecular weight excluding hydrogens is 386 g/mol. The summed E-state index contributed by atoms with van der Waals surface area (Å²) in [6.45, 7) is 3.60. The predicted molar refractivity (Wildman–Crippen MR) is 109 cm³/mol. The first kappa shape index (κ1) is 19.3. The maximum Gasteiger partial charge on any atom is 0.231 e. The molecule has 0 aromatic heterocycles. The Kier molecular flexibility index (Phi) is 4.44. The molecule has 0 saturated carbocycles. The molecule has 4 aliphatic heterocycles. The van der Waals surface area contributed by atoms with Crippen molar-refractivity contribution in [2.24, 2.45) is 11.8 Å². The van der Waals surface area contributed by atoms with Crippen LogP contribution in [-0.2, 0) is 30.3 Å². The highest BCUT2D eigenvalue weighted by Gasteiger charge is 2.66. The molecule has 2 saturated heterocycles. The molecule has 5 rings (SSSR count). The number of fused-ring (bicyclic) bond motifs is 2. The fourth-order valence-corrected chi connectivity index (χ4v) is 5.30. The largest absolute Gasteiger partial charge is 0.383 e. The number of hydrogen-bond acceptors (Lipinski definition) is 5. The second-order valence-corrected chi connectivity index (χ2v) is 8.41. The highest BCUT2D eigenvalue weighted by atomic mass is 16.5. The third kappa shape index (κ3) is 2.78. The van der Waals surface area contributed by atoms with Crippen molar-refractivity contribution < 1.29 is 23.9 Å². The number of nitrogens with zero attached hydrogens (tertiary/aromatic N) is 2. The van der Waals surface area contributed by atoms with E-state index in [1.54, 1.807) is 29.9 Å². The maximum atomic E-state index is 13.2. The molecule has 8 heteroatoms. The summed E-state index contributed by atoms with van der Waals surface area (Å²) in [7, 11) is 1.60. The van der Waals surface area contributed by atoms with Gasteiger partial charge in [-0.15, -0.1) is 0 Å². The average Bonchev–Trinajstić information content (AvgIpc) is 3.45. The van der Waals surface area contributed by atoms with Crippen molar-refractivity contribution in [1.29, 1.82) is 0 Å². The van der Waals surface area contributed by atoms with Crippen LogP contribution in [0.1, 0.15) is 12.5 Å². The third-order valence-electron chi connectivity index (χ3n) is 6.67. The molecule has 30 heavy (non-hydrogen) atoms. The summed E-state index contributed by atoms with van der Waals surface area (Å²) in [6.07, 6.45) is 4.23. The summed E-state index contributed by atoms with van der Waals surface area (Å²) in [5, 5.41) is 2.98. The van der Waals surface area contributed by atoms with Crippen LogP contribution < -0.4 is 10.2 Å². The third-order valence-corrected chi connectivity index (χ3v) is 6.67. The number of hydrogen-bond donors (Lipinski definition) is 1. The number of anilines is 2. The van der Waals surface area contributed by atoms with Crippen LogP contribution in [-0.4, -0.2) is 67.7 Å². The van der Waals surface area contributed by atoms with Crippen LogP contribution in [0.3, 0.4) is 0 Å². The highest BCUT2D eigenvalue weighted by Crippen LogP contribution is 2.52. The van der Waals surface area contributed by atoms with Gasteiger partial charge in [-0.1, -0.05) is 12.2 Å². The molecule has 2 bridgehead atoms. The van der Waals surface area contributed by atoms with E-state index in [2.05, 4.69) is 5.32 Å². The van der Waals surface area contributed by atoms with Crippen LogP contribution in [0.4, 0.5) is 11.4 Å². The number of carbonyl (C=O) groups is 3. The van der Waals surface area contributed by atoms with Gasteiger partial charge in [0, 0.05) is 38.5 Å². The number of nitrogens with one attached hydrogen (secondary N) is 1. The minimum atomic E-state index is -0.711. The first-order chi connectivity index (χ1) is 14.4. The molecule has 8 nitrogen and oxygen atoms in total. The average molecular weight is 411 g/mol. The molecule has 158 valence electrons. The fraction of sp³-hybridized carbons (Fsp3) is 0.500. The van der Waals surface area contributed by atoms with E-state index in [4.69, 9.17) is 9.47 Å². The highest BCUT2D eigenvalue weighted by molar-refractivity contribution is 6.00. The van der Waals surface area contributed by atoms with E-state index in [-0.39, 0.29) is 23.8 Å². The van der Waals surface area contributed by atoms with E-state index in [1.807, 2.05) is 24.3 Å². The first-order valence-electron chi connectivity index (χ1n) is 10.3. The molecule has 4 heterocycles. The minimum absolute atomic E-state index is 0.0134. The summed E-state index contributed by atoms with van der Waals surface area (Å²) < 4.78 is 11.2. The van der Waals surface area contributed by atoms with Gasteiger partial charge < -0.3 is 24.6 Å². The van der Waals surface area contributed by atoms with Crippen LogP contribution in [0.2, 0.25) is 0 Å². The van der Waals surface area contributed by atoms with Crippen molar-refractivity contribution in [3.8, 4) is 0 Å². The van der Waals surface area contributed by atoms with Crippen molar-refractivity contribution in [2.75, 3.05) is 43.6 Å². The number of carbonyl (C=O) groups excluding carboxylic acids is 3. The predicted octanol–water partition coefficient (Wildman–Crippen LogP) is 0.962. The zero-order valence-corrected chi connectivity index (χ0v) is 17.1. The molecule has 1 spiro atoms. The number of methoxy groups -OCH3 is 1. The Morgan fingerprint density at radius 1 is 1.37 bits per heavy atom. The molecular formula is C22H25N3O5. The van der Waals surface area contributed by atoms with E-state index >= 15 is 0 Å². The smallest absolute Gasteiger partial charge is 0.231 e. The minimum Gasteiger partial charge on any atom is -0.383 e. The Bertz CT molecular complexity index is 960. The van der Waals surface area contributed by atoms with E-state index in [9.17, 15) is 14.4 Å². The van der Waals surface area contributed by atoms with Gasteiger partial charge in [0.05, 0.1) is 31.1 Å². The van der Waals surface area contributed by atoms with Gasteiger partial charge >= 0.3 is 0 Å². The van der Waals surface area contributed by atoms with Crippen molar-refractivity contribution in [3.05, 3.63) is 35.9 Å². The number of amides is 3. The Balaban J connectivity index is 1.34. The van der Waals surface area contributed by atoms with Crippen LogP contribution >= 0.6 is 0 Å². The quantitative estimate of drug-likeness (QED) is 0.730. The normalized spacial score (nSPS) is 30.7. The van der Waals surface area contributed by atoms with Gasteiger partial charge in [-0.05, 0) is 30.2 Å². The lowest BCUT2D eigenvalue weighted by atomic mass is 9.76. The maximum absolute atomic E-state index is 13.2. The van der Waals surface area contributed by atoms with Crippen molar-refractivity contribution in [1.82, 2.24) is 4.90 Å². The van der Waals surface area contributed by atoms with Gasteiger partial charge in [-0.2, -0.15) is 0 Å². The Morgan fingerprint density at radius 3 is 2.97 bits per heavy atom. The molecule has 1 aromatic carbocycles. The topological polar surface area (TPSA) is 88.2 Å². The molecule has 0 aliphatic carbocycles. The van der Waals surface area contributed by atoms with Crippen LogP contribution in [0.15, 0.2) is 30.4 Å². The second-order valence-electron chi connectivity index (χ2n) is 8.41. The summed E-state index contributed by atoms with van der Waals surface area (Å²) >= 11 is 0. The molecule has 1 aromatic rings. The SMILES string of the molecule is COCCN1C[C@@]23C=C[C@@H](O2)[C@@H](C(=O)Nc2ccc4c(c2)CCN4C(C)=O)[C@H]3C1=O. The lowest BCUT2D eigenvalue weighted by Gasteiger charge is -2.23. The number of ether oxygens (including phenoxy) is 2. The van der Waals surface area contributed by atoms with E-state index in [1.165, 1.54) is 0 Å². The second kappa shape index (κ2) is 6.92. The summed E-state index contributed by atoms with van der Waals surface area (Å²) in [5.41, 5.74) is 1.89. The molecule has 0 unspecified atom stereocenters. The van der Waals surface area contributed by atoms with Gasteiger partial charge in [0.1, 0.15) is 5.60 Å². The molecule has 4 atom stereocenters. The van der Waals surface area contributed by atoms with Gasteiger partial charge in [0.2, 0.25) is 17.7 Å². The number of rotatable bonds is 5. The standard InChI is InChI=1S/C22H25N3O5/c1-13(26)25-8-6-14-11-15(3-4-16(14)25)23-20(27)18-17-5-7-22(30-17)12-24(9-10-29-2)21(28)19(18)22/h3-5,7,11,17-19H,6,8-10,12H2,1-2H3,(H,23,27)/t17-,18-,19+,22-/m1/s1. The summed E-state index contributed by atoms with van der Waals surface area (Å²) in [4.78, 5) is 41.4. The monoisotopic (exact) mass is 411 g/mol. The fourth-order valence-electron chi connectivity index (χ4n) is 5.30. The first-order valence-corrected chi connectivity index (χ1v) is 10.3. The van der Waals surface area contributed by atoms with Gasteiger partial charge in [0.25, 0.3) is 0 Å². The zero-order valence-electron chi connectivity index (χ0n) is 17.1. The molecule has 4 aliphatic rings. The van der Waals surface area contributed by atoms with Gasteiger partial charge in [0.15, 0.2) is 0 Å². The summed E-state index contributed by atoms with van der Waals surface area (Å²) in [5.74, 6) is -1.31. The van der Waals surface area contributed by atoms with E-state index in [0.717, 1.165) is 17.7 Å². The molecule has 0 radical (unpaired) electrons. The van der Waals surface area contributed by atoms with Crippen molar-refractivity contribution >= 4 is 29.1 Å². The van der Waals surface area contributed by atoms with Crippen molar-refractivity contribution in [2.45, 2.75) is 25.0 Å². The lowest BCUT2D eigenvalue weighted by Crippen LogP contribution is -2.41. The molecule has 3 amide bonds. The van der Waals surface area contributed by atoms with E-state index in [0.29, 0.717) is 31.9 Å². The lowest BCUT2D eigenvalue weighted by molar-refractivity contribution is -0.136. The van der Waals surface area contributed by atoms with Crippen LogP contribution in [0, 0.1) is 11.8 Å². The van der Waals surface area contributed by atoms with Crippen molar-refractivity contribution in [3.63, 3.8) is 0 Å².